The van der Waals surface area contributed by atoms with Crippen LogP contribution in [0.5, 0.6) is 0 Å². The molecule has 0 aromatic heterocycles. The van der Waals surface area contributed by atoms with Crippen LogP contribution < -0.4 is 5.32 Å². The molecule has 4 nitrogen and oxygen atoms in total. The summed E-state index contributed by atoms with van der Waals surface area (Å²) in [6, 6.07) is -0.0511. The van der Waals surface area contributed by atoms with Crippen LogP contribution in [0.3, 0.4) is 0 Å². The molecule has 2 atom stereocenters. The van der Waals surface area contributed by atoms with Gasteiger partial charge in [-0.15, -0.1) is 0 Å². The SMILES string of the molecule is CCOC(=O)C(C1CC=CCC1)N1CCCNCC1. The lowest BCUT2D eigenvalue weighted by Crippen LogP contribution is -2.48. The van der Waals surface area contributed by atoms with Crippen LogP contribution in [0.25, 0.3) is 0 Å². The van der Waals surface area contributed by atoms with Crippen LogP contribution in [0.1, 0.15) is 32.6 Å². The monoisotopic (exact) mass is 266 g/mol. The van der Waals surface area contributed by atoms with Crippen molar-refractivity contribution in [1.29, 1.82) is 0 Å². The van der Waals surface area contributed by atoms with Gasteiger partial charge in [-0.3, -0.25) is 9.69 Å². The number of carbonyl (C=O) groups is 1. The summed E-state index contributed by atoms with van der Waals surface area (Å²) in [6.07, 6.45) is 8.75. The zero-order chi connectivity index (χ0) is 13.5. The minimum absolute atomic E-state index is 0.0234. The second-order valence-electron chi connectivity index (χ2n) is 5.38. The molecule has 108 valence electrons. The van der Waals surface area contributed by atoms with Gasteiger partial charge in [-0.2, -0.15) is 0 Å². The number of ether oxygens (including phenoxy) is 1. The van der Waals surface area contributed by atoms with Gasteiger partial charge in [-0.05, 0) is 45.1 Å². The highest BCUT2D eigenvalue weighted by Crippen LogP contribution is 2.26. The van der Waals surface area contributed by atoms with Gasteiger partial charge in [0.05, 0.1) is 6.61 Å². The van der Waals surface area contributed by atoms with Crippen LogP contribution in [-0.2, 0) is 9.53 Å². The van der Waals surface area contributed by atoms with Gasteiger partial charge < -0.3 is 10.1 Å². The van der Waals surface area contributed by atoms with E-state index in [1.807, 2.05) is 6.92 Å². The van der Waals surface area contributed by atoms with E-state index >= 15 is 0 Å². The number of hydrogen-bond acceptors (Lipinski definition) is 4. The van der Waals surface area contributed by atoms with E-state index in [1.54, 1.807) is 0 Å². The molecule has 4 heteroatoms. The molecule has 2 unspecified atom stereocenters. The Kier molecular flexibility index (Phi) is 5.86. The summed E-state index contributed by atoms with van der Waals surface area (Å²) in [7, 11) is 0. The molecule has 1 aliphatic carbocycles. The Hall–Kier alpha value is -0.870. The Morgan fingerprint density at radius 3 is 3.05 bits per heavy atom. The van der Waals surface area contributed by atoms with Crippen molar-refractivity contribution in [3.8, 4) is 0 Å². The van der Waals surface area contributed by atoms with Crippen LogP contribution in [0.15, 0.2) is 12.2 Å². The smallest absolute Gasteiger partial charge is 0.323 e. The maximum Gasteiger partial charge on any atom is 0.323 e. The predicted molar refractivity (Wildman–Crippen MR) is 76.0 cm³/mol. The molecule has 0 aromatic carbocycles. The molecule has 1 saturated heterocycles. The molecular formula is C15H26N2O2. The molecule has 1 heterocycles. The van der Waals surface area contributed by atoms with Crippen LogP contribution >= 0.6 is 0 Å². The summed E-state index contributed by atoms with van der Waals surface area (Å²) in [4.78, 5) is 14.7. The first-order chi connectivity index (χ1) is 9.33. The van der Waals surface area contributed by atoms with E-state index in [0.29, 0.717) is 12.5 Å². The molecule has 0 aromatic rings. The third-order valence-corrected chi connectivity index (χ3v) is 4.05. The Labute approximate surface area is 116 Å². The quantitative estimate of drug-likeness (QED) is 0.619. The van der Waals surface area contributed by atoms with Crippen molar-refractivity contribution in [3.63, 3.8) is 0 Å². The summed E-state index contributed by atoms with van der Waals surface area (Å²) in [5.74, 6) is 0.395. The van der Waals surface area contributed by atoms with Crippen LogP contribution in [0.2, 0.25) is 0 Å². The lowest BCUT2D eigenvalue weighted by Gasteiger charge is -2.35. The highest BCUT2D eigenvalue weighted by Gasteiger charge is 2.34. The van der Waals surface area contributed by atoms with Crippen molar-refractivity contribution >= 4 is 5.97 Å². The lowest BCUT2D eigenvalue weighted by molar-refractivity contribution is -0.152. The minimum atomic E-state index is -0.0511. The summed E-state index contributed by atoms with van der Waals surface area (Å²) in [6.45, 7) is 6.33. The fourth-order valence-electron chi connectivity index (χ4n) is 3.12. The average Bonchev–Trinajstić information content (AvgIpc) is 2.70. The van der Waals surface area contributed by atoms with Crippen molar-refractivity contribution in [2.24, 2.45) is 5.92 Å². The first-order valence-corrected chi connectivity index (χ1v) is 7.59. The normalized spacial score (nSPS) is 26.7. The van der Waals surface area contributed by atoms with E-state index in [9.17, 15) is 4.79 Å². The standard InChI is InChI=1S/C15H26N2O2/c1-2-19-15(18)14(13-7-4-3-5-8-13)17-11-6-9-16-10-12-17/h3-4,13-14,16H,2,5-12H2,1H3. The number of carbonyl (C=O) groups excluding carboxylic acids is 1. The van der Waals surface area contributed by atoms with Crippen molar-refractivity contribution in [3.05, 3.63) is 12.2 Å². The van der Waals surface area contributed by atoms with Gasteiger partial charge in [-0.25, -0.2) is 0 Å². The number of nitrogens with zero attached hydrogens (tertiary/aromatic N) is 1. The number of hydrogen-bond donors (Lipinski definition) is 1. The molecule has 1 aliphatic heterocycles. The van der Waals surface area contributed by atoms with E-state index in [4.69, 9.17) is 4.74 Å². The Morgan fingerprint density at radius 1 is 1.42 bits per heavy atom. The van der Waals surface area contributed by atoms with E-state index in [2.05, 4.69) is 22.4 Å². The maximum absolute atomic E-state index is 12.3. The maximum atomic E-state index is 12.3. The fourth-order valence-corrected chi connectivity index (χ4v) is 3.12. The molecule has 1 N–H and O–H groups in total. The first-order valence-electron chi connectivity index (χ1n) is 7.59. The number of rotatable bonds is 4. The van der Waals surface area contributed by atoms with Crippen LogP contribution in [0, 0.1) is 5.92 Å². The van der Waals surface area contributed by atoms with Gasteiger partial charge in [0.1, 0.15) is 6.04 Å². The van der Waals surface area contributed by atoms with Gasteiger partial charge in [0.25, 0.3) is 0 Å². The third-order valence-electron chi connectivity index (χ3n) is 4.05. The van der Waals surface area contributed by atoms with E-state index in [1.165, 1.54) is 0 Å². The second kappa shape index (κ2) is 7.65. The fraction of sp³-hybridized carbons (Fsp3) is 0.800. The first kappa shape index (κ1) is 14.5. The van der Waals surface area contributed by atoms with Gasteiger partial charge in [0.2, 0.25) is 0 Å². The molecule has 0 amide bonds. The molecular weight excluding hydrogens is 240 g/mol. The van der Waals surface area contributed by atoms with Gasteiger partial charge >= 0.3 is 5.97 Å². The number of allylic oxidation sites excluding steroid dienone is 2. The zero-order valence-corrected chi connectivity index (χ0v) is 11.9. The molecule has 2 rings (SSSR count). The Morgan fingerprint density at radius 2 is 2.32 bits per heavy atom. The summed E-state index contributed by atoms with van der Waals surface area (Å²) in [5.41, 5.74) is 0. The Bertz CT molecular complexity index is 309. The summed E-state index contributed by atoms with van der Waals surface area (Å²) in [5, 5.41) is 3.40. The summed E-state index contributed by atoms with van der Waals surface area (Å²) < 4.78 is 5.33. The molecule has 2 aliphatic rings. The van der Waals surface area contributed by atoms with E-state index < -0.39 is 0 Å². The lowest BCUT2D eigenvalue weighted by atomic mass is 9.86. The van der Waals surface area contributed by atoms with Crippen molar-refractivity contribution in [1.82, 2.24) is 10.2 Å². The van der Waals surface area contributed by atoms with Crippen LogP contribution in [-0.4, -0.2) is 49.7 Å². The highest BCUT2D eigenvalue weighted by molar-refractivity contribution is 5.76. The van der Waals surface area contributed by atoms with E-state index in [-0.39, 0.29) is 12.0 Å². The Balaban J connectivity index is 2.07. The molecule has 0 radical (unpaired) electrons. The average molecular weight is 266 g/mol. The second-order valence-corrected chi connectivity index (χ2v) is 5.38. The third kappa shape index (κ3) is 4.05. The molecule has 0 bridgehead atoms. The predicted octanol–water partition coefficient (Wildman–Crippen LogP) is 1.57. The zero-order valence-electron chi connectivity index (χ0n) is 11.9. The minimum Gasteiger partial charge on any atom is -0.465 e. The van der Waals surface area contributed by atoms with Crippen molar-refractivity contribution in [2.45, 2.75) is 38.6 Å². The molecule has 0 saturated carbocycles. The topological polar surface area (TPSA) is 41.6 Å². The number of esters is 1. The van der Waals surface area contributed by atoms with Gasteiger partial charge in [0.15, 0.2) is 0 Å². The highest BCUT2D eigenvalue weighted by atomic mass is 16.5. The molecule has 0 spiro atoms. The summed E-state index contributed by atoms with van der Waals surface area (Å²) >= 11 is 0. The molecule has 1 fully saturated rings. The van der Waals surface area contributed by atoms with Crippen molar-refractivity contribution < 1.29 is 9.53 Å². The number of nitrogens with one attached hydrogen (secondary N) is 1. The van der Waals surface area contributed by atoms with Crippen LogP contribution in [0.4, 0.5) is 0 Å². The molecule has 19 heavy (non-hydrogen) atoms. The van der Waals surface area contributed by atoms with Crippen molar-refractivity contribution in [2.75, 3.05) is 32.8 Å². The van der Waals surface area contributed by atoms with Gasteiger partial charge in [0, 0.05) is 19.6 Å². The van der Waals surface area contributed by atoms with E-state index in [0.717, 1.165) is 51.9 Å². The van der Waals surface area contributed by atoms with Gasteiger partial charge in [-0.1, -0.05) is 12.2 Å². The largest absolute Gasteiger partial charge is 0.465 e.